The normalized spacial score (nSPS) is 11.5. The van der Waals surface area contributed by atoms with Crippen LogP contribution in [-0.2, 0) is 24.1 Å². The van der Waals surface area contributed by atoms with Crippen molar-refractivity contribution in [2.75, 3.05) is 5.32 Å². The number of benzene rings is 1. The molecule has 3 rings (SSSR count). The van der Waals surface area contributed by atoms with Gasteiger partial charge in [0, 0.05) is 12.3 Å². The molecule has 0 aliphatic rings. The van der Waals surface area contributed by atoms with E-state index < -0.39 is 17.8 Å². The topological polar surface area (TPSA) is 64.7 Å². The smallest absolute Gasteiger partial charge is 0.309 e. The van der Waals surface area contributed by atoms with E-state index in [1.165, 1.54) is 0 Å². The van der Waals surface area contributed by atoms with Gasteiger partial charge in [0.05, 0.1) is 12.7 Å². The van der Waals surface area contributed by atoms with Gasteiger partial charge in [0.2, 0.25) is 5.91 Å². The highest BCUT2D eigenvalue weighted by Crippen LogP contribution is 2.27. The lowest BCUT2D eigenvalue weighted by molar-refractivity contribution is -0.141. The van der Waals surface area contributed by atoms with Crippen molar-refractivity contribution in [3.63, 3.8) is 0 Å². The van der Waals surface area contributed by atoms with Crippen LogP contribution in [0.5, 0.6) is 0 Å². The van der Waals surface area contributed by atoms with Crippen molar-refractivity contribution >= 4 is 11.7 Å². The highest BCUT2D eigenvalue weighted by Gasteiger charge is 2.33. The predicted molar refractivity (Wildman–Crippen MR) is 88.4 cm³/mol. The molecule has 0 unspecified atom stereocenters. The van der Waals surface area contributed by atoms with Crippen molar-refractivity contribution in [3.05, 3.63) is 65.6 Å². The van der Waals surface area contributed by atoms with E-state index in [0.29, 0.717) is 12.4 Å². The van der Waals surface area contributed by atoms with Gasteiger partial charge >= 0.3 is 6.18 Å². The van der Waals surface area contributed by atoms with Gasteiger partial charge in [-0.3, -0.25) is 9.48 Å². The molecular weight excluding hydrogens is 347 g/mol. The zero-order valence-electron chi connectivity index (χ0n) is 13.9. The molecule has 0 atom stereocenters. The fraction of sp³-hybridized carbons (Fsp3) is 0.235. The monoisotopic (exact) mass is 363 g/mol. The number of rotatable bonds is 5. The lowest BCUT2D eigenvalue weighted by atomic mass is 10.1. The Hall–Kier alpha value is -3.10. The highest BCUT2D eigenvalue weighted by atomic mass is 19.4. The van der Waals surface area contributed by atoms with E-state index in [1.54, 1.807) is 16.9 Å². The summed E-state index contributed by atoms with van der Waals surface area (Å²) in [6.45, 7) is 2.12. The number of nitrogens with zero attached hydrogens (tertiary/aromatic N) is 4. The third-order valence-corrected chi connectivity index (χ3v) is 3.64. The molecule has 0 bridgehead atoms. The van der Waals surface area contributed by atoms with E-state index in [1.807, 2.05) is 31.2 Å². The fourth-order valence-electron chi connectivity index (χ4n) is 2.48. The molecule has 136 valence electrons. The van der Waals surface area contributed by atoms with E-state index in [-0.39, 0.29) is 6.54 Å². The number of aryl methyl sites for hydroxylation is 1. The Balaban J connectivity index is 1.65. The van der Waals surface area contributed by atoms with Gasteiger partial charge in [-0.25, -0.2) is 4.68 Å². The van der Waals surface area contributed by atoms with Gasteiger partial charge in [-0.1, -0.05) is 29.8 Å². The van der Waals surface area contributed by atoms with Crippen molar-refractivity contribution in [1.29, 1.82) is 0 Å². The molecule has 0 aliphatic heterocycles. The molecule has 0 radical (unpaired) electrons. The number of amides is 1. The zero-order valence-corrected chi connectivity index (χ0v) is 13.9. The molecular formula is C17H16F3N5O. The molecule has 6 nitrogen and oxygen atoms in total. The summed E-state index contributed by atoms with van der Waals surface area (Å²) in [7, 11) is 0. The molecule has 3 aromatic rings. The van der Waals surface area contributed by atoms with Gasteiger partial charge < -0.3 is 5.32 Å². The quantitative estimate of drug-likeness (QED) is 0.758. The van der Waals surface area contributed by atoms with E-state index in [2.05, 4.69) is 15.5 Å². The highest BCUT2D eigenvalue weighted by molar-refractivity contribution is 5.89. The van der Waals surface area contributed by atoms with Crippen LogP contribution in [0.15, 0.2) is 48.8 Å². The van der Waals surface area contributed by atoms with Crippen LogP contribution in [0, 0.1) is 6.92 Å². The maximum Gasteiger partial charge on any atom is 0.435 e. The summed E-state index contributed by atoms with van der Waals surface area (Å²) >= 11 is 0. The lowest BCUT2D eigenvalue weighted by Gasteiger charge is -2.10. The first kappa shape index (κ1) is 17.7. The third kappa shape index (κ3) is 4.29. The van der Waals surface area contributed by atoms with E-state index in [0.717, 1.165) is 28.1 Å². The van der Waals surface area contributed by atoms with Gasteiger partial charge in [0.1, 0.15) is 12.4 Å². The van der Waals surface area contributed by atoms with E-state index in [4.69, 9.17) is 0 Å². The number of alkyl halides is 3. The Morgan fingerprint density at radius 1 is 1.23 bits per heavy atom. The molecule has 0 saturated heterocycles. The van der Waals surface area contributed by atoms with Crippen molar-refractivity contribution in [1.82, 2.24) is 19.6 Å². The number of nitrogens with one attached hydrogen (secondary N) is 1. The van der Waals surface area contributed by atoms with Crippen LogP contribution in [0.2, 0.25) is 0 Å². The fourth-order valence-corrected chi connectivity index (χ4v) is 2.48. The summed E-state index contributed by atoms with van der Waals surface area (Å²) < 4.78 is 40.2. The maximum atomic E-state index is 12.5. The molecule has 1 amide bonds. The first-order valence-electron chi connectivity index (χ1n) is 7.79. The Kier molecular flexibility index (Phi) is 4.79. The molecule has 26 heavy (non-hydrogen) atoms. The van der Waals surface area contributed by atoms with Gasteiger partial charge in [0.25, 0.3) is 0 Å². The van der Waals surface area contributed by atoms with Gasteiger partial charge in [-0.15, -0.1) is 0 Å². The lowest BCUT2D eigenvalue weighted by Crippen LogP contribution is -2.21. The minimum Gasteiger partial charge on any atom is -0.309 e. The minimum absolute atomic E-state index is 0.328. The molecule has 0 aliphatic carbocycles. The maximum absolute atomic E-state index is 12.5. The number of aromatic nitrogens is 4. The van der Waals surface area contributed by atoms with Gasteiger partial charge in [-0.05, 0) is 18.6 Å². The number of anilines is 1. The molecule has 0 saturated carbocycles. The zero-order chi connectivity index (χ0) is 18.7. The molecule has 2 aromatic heterocycles. The summed E-state index contributed by atoms with van der Waals surface area (Å²) in [5.74, 6) is -0.0347. The molecule has 9 heteroatoms. The van der Waals surface area contributed by atoms with Gasteiger partial charge in [-0.2, -0.15) is 23.4 Å². The second-order valence-electron chi connectivity index (χ2n) is 5.81. The molecule has 2 heterocycles. The SMILES string of the molecule is Cc1cccc(Cn2nccc2NC(=O)Cn2ccc(C(F)(F)F)n2)c1. The Morgan fingerprint density at radius 2 is 2.04 bits per heavy atom. The number of halogens is 3. The number of carbonyl (C=O) groups is 1. The van der Waals surface area contributed by atoms with Crippen LogP contribution in [0.25, 0.3) is 0 Å². The first-order chi connectivity index (χ1) is 12.3. The van der Waals surface area contributed by atoms with E-state index in [9.17, 15) is 18.0 Å². The predicted octanol–water partition coefficient (Wildman–Crippen LogP) is 3.09. The molecule has 0 spiro atoms. The Labute approximate surface area is 147 Å². The van der Waals surface area contributed by atoms with Crippen LogP contribution in [-0.4, -0.2) is 25.5 Å². The molecule has 1 N–H and O–H groups in total. The van der Waals surface area contributed by atoms with Crippen LogP contribution in [0.4, 0.5) is 19.0 Å². The first-order valence-corrected chi connectivity index (χ1v) is 7.79. The minimum atomic E-state index is -4.53. The van der Waals surface area contributed by atoms with Crippen LogP contribution in [0.1, 0.15) is 16.8 Å². The molecule has 0 fully saturated rings. The van der Waals surface area contributed by atoms with E-state index >= 15 is 0 Å². The standard InChI is InChI=1S/C17H16F3N5O/c1-12-3-2-4-13(9-12)10-25-15(5-7-21-25)22-16(26)11-24-8-6-14(23-24)17(18,19)20/h2-9H,10-11H2,1H3,(H,22,26). The third-order valence-electron chi connectivity index (χ3n) is 3.64. The van der Waals surface area contributed by atoms with Crippen LogP contribution in [0.3, 0.4) is 0 Å². The largest absolute Gasteiger partial charge is 0.435 e. The summed E-state index contributed by atoms with van der Waals surface area (Å²) in [6, 6.07) is 10.3. The number of hydrogen-bond acceptors (Lipinski definition) is 3. The summed E-state index contributed by atoms with van der Waals surface area (Å²) in [6.07, 6.45) is -1.87. The Morgan fingerprint density at radius 3 is 2.73 bits per heavy atom. The average molecular weight is 363 g/mol. The average Bonchev–Trinajstić information content (AvgIpc) is 3.17. The number of carbonyl (C=O) groups excluding carboxylic acids is 1. The van der Waals surface area contributed by atoms with Gasteiger partial charge in [0.15, 0.2) is 5.69 Å². The van der Waals surface area contributed by atoms with Crippen molar-refractivity contribution in [3.8, 4) is 0 Å². The molecule has 1 aromatic carbocycles. The van der Waals surface area contributed by atoms with Crippen molar-refractivity contribution < 1.29 is 18.0 Å². The number of hydrogen-bond donors (Lipinski definition) is 1. The summed E-state index contributed by atoms with van der Waals surface area (Å²) in [4.78, 5) is 12.1. The Bertz CT molecular complexity index is 913. The van der Waals surface area contributed by atoms with Crippen LogP contribution >= 0.6 is 0 Å². The summed E-state index contributed by atoms with van der Waals surface area (Å²) in [5, 5.41) is 10.2. The second kappa shape index (κ2) is 7.03. The summed E-state index contributed by atoms with van der Waals surface area (Å²) in [5.41, 5.74) is 1.10. The second-order valence-corrected chi connectivity index (χ2v) is 5.81. The van der Waals surface area contributed by atoms with Crippen LogP contribution < -0.4 is 5.32 Å². The van der Waals surface area contributed by atoms with Crippen molar-refractivity contribution in [2.45, 2.75) is 26.2 Å². The van der Waals surface area contributed by atoms with Crippen molar-refractivity contribution in [2.24, 2.45) is 0 Å².